The van der Waals surface area contributed by atoms with E-state index >= 15 is 0 Å². The van der Waals surface area contributed by atoms with Gasteiger partial charge in [-0.15, -0.1) is 18.8 Å². The van der Waals surface area contributed by atoms with Crippen molar-refractivity contribution < 1.29 is 69.8 Å². The van der Waals surface area contributed by atoms with E-state index in [4.69, 9.17) is 0 Å². The van der Waals surface area contributed by atoms with Gasteiger partial charge in [-0.2, -0.15) is 77.0 Å². The summed E-state index contributed by atoms with van der Waals surface area (Å²) in [6.07, 6.45) is -21.2. The largest absolute Gasteiger partial charge is 2.00 e. The van der Waals surface area contributed by atoms with Crippen molar-refractivity contribution in [3.05, 3.63) is 113 Å². The first-order chi connectivity index (χ1) is 22.5. The van der Waals surface area contributed by atoms with Gasteiger partial charge in [0.25, 0.3) is 0 Å². The van der Waals surface area contributed by atoms with Crippen LogP contribution >= 0.6 is 15.8 Å². The molecule has 1 atom stereocenters. The second-order valence-corrected chi connectivity index (χ2v) is 20.0. The van der Waals surface area contributed by atoms with Crippen molar-refractivity contribution >= 4 is 31.8 Å². The second-order valence-electron chi connectivity index (χ2n) is 13.6. The Hall–Kier alpha value is -2.32. The summed E-state index contributed by atoms with van der Waals surface area (Å²) in [4.78, 5) is 0. The van der Waals surface area contributed by atoms with Gasteiger partial charge in [0.15, 0.2) is 0 Å². The molecule has 0 aromatic heterocycles. The van der Waals surface area contributed by atoms with Crippen LogP contribution in [-0.2, 0) is 41.8 Å². The van der Waals surface area contributed by atoms with Crippen LogP contribution in [0, 0.1) is 0 Å². The minimum Gasteiger partial charge on any atom is -0.214 e. The summed E-state index contributed by atoms with van der Waals surface area (Å²) in [7, 11) is -3.84. The van der Waals surface area contributed by atoms with Crippen LogP contribution in [0.1, 0.15) is 81.9 Å². The Balaban J connectivity index is 0.00000138. The summed E-state index contributed by atoms with van der Waals surface area (Å²) in [5.41, 5.74) is -6.86. The molecular weight excluding hydrogens is 778 g/mol. The maximum Gasteiger partial charge on any atom is 2.00 e. The van der Waals surface area contributed by atoms with Crippen LogP contribution in [0.5, 0.6) is 0 Å². The molecule has 51 heavy (non-hydrogen) atoms. The minimum absolute atomic E-state index is 0. The van der Waals surface area contributed by atoms with Gasteiger partial charge >= 0.3 is 41.8 Å². The number of halogens is 12. The third kappa shape index (κ3) is 11.6. The quantitative estimate of drug-likeness (QED) is 0.0815. The Bertz CT molecular complexity index is 1530. The van der Waals surface area contributed by atoms with Gasteiger partial charge in [-0.25, -0.2) is 24.3 Å². The molecule has 0 unspecified atom stereocenters. The van der Waals surface area contributed by atoms with E-state index in [-0.39, 0.29) is 44.8 Å². The molecule has 0 bridgehead atoms. The van der Waals surface area contributed by atoms with Crippen molar-refractivity contribution in [2.24, 2.45) is 0 Å². The fraction of sp³-hybridized carbons (Fsp3) is 0.389. The van der Waals surface area contributed by atoms with E-state index in [0.29, 0.717) is 29.8 Å². The Labute approximate surface area is 302 Å². The van der Waals surface area contributed by atoms with Crippen LogP contribution in [-0.4, -0.2) is 10.3 Å². The van der Waals surface area contributed by atoms with Gasteiger partial charge in [0.2, 0.25) is 0 Å². The molecule has 0 nitrogen and oxygen atoms in total. The standard InChI is InChI=1S/C31H31F12P2.C5H5.Fe/c1-17(45(26(2,3)4)27(5,6)7)24-9-8-10-25(24)44(22-13-18(28(32,33)34)11-19(14-22)29(35,36)37)23-15-20(30(38,39)40)12-21(16-23)31(41,42)43;1-2-4-5-3-1;/h8-17H,1-7H3;1-5H;/q2*-1;+2/t17-;;/m1../s1. The molecule has 0 saturated carbocycles. The van der Waals surface area contributed by atoms with Crippen LogP contribution < -0.4 is 15.9 Å². The molecule has 0 fully saturated rings. The molecule has 0 N–H and O–H groups in total. The van der Waals surface area contributed by atoms with E-state index < -0.39 is 79.1 Å². The zero-order chi connectivity index (χ0) is 38.3. The maximum atomic E-state index is 13.9. The molecule has 282 valence electrons. The molecule has 0 aliphatic heterocycles. The normalized spacial score (nSPS) is 13.9. The molecule has 4 aromatic carbocycles. The Morgan fingerprint density at radius 2 is 0.882 bits per heavy atom. The summed E-state index contributed by atoms with van der Waals surface area (Å²) in [6.45, 7) is 13.6. The topological polar surface area (TPSA) is 0 Å². The molecule has 15 heteroatoms. The zero-order valence-electron chi connectivity index (χ0n) is 28.4. The maximum absolute atomic E-state index is 13.9. The monoisotopic (exact) mass is 814 g/mol. The molecule has 0 spiro atoms. The van der Waals surface area contributed by atoms with Crippen LogP contribution in [0.2, 0.25) is 0 Å². The van der Waals surface area contributed by atoms with E-state index in [1.165, 1.54) is 12.1 Å². The average molecular weight is 814 g/mol. The smallest absolute Gasteiger partial charge is 0.214 e. The van der Waals surface area contributed by atoms with E-state index in [1.807, 2.05) is 78.8 Å². The van der Waals surface area contributed by atoms with E-state index in [1.54, 1.807) is 6.07 Å². The van der Waals surface area contributed by atoms with Crippen molar-refractivity contribution in [2.45, 2.75) is 89.1 Å². The van der Waals surface area contributed by atoms with Gasteiger partial charge in [-0.3, -0.25) is 0 Å². The average Bonchev–Trinajstić information content (AvgIpc) is 3.65. The van der Waals surface area contributed by atoms with Gasteiger partial charge < -0.3 is 0 Å². The van der Waals surface area contributed by atoms with E-state index in [9.17, 15) is 52.7 Å². The molecule has 4 rings (SSSR count). The summed E-state index contributed by atoms with van der Waals surface area (Å²) < 4.78 is 167. The third-order valence-corrected chi connectivity index (χ3v) is 13.9. The molecular formula is C36H36F12FeP2. The summed E-state index contributed by atoms with van der Waals surface area (Å²) in [6, 6.07) is 15.7. The van der Waals surface area contributed by atoms with Gasteiger partial charge in [-0.1, -0.05) is 48.5 Å². The van der Waals surface area contributed by atoms with Crippen molar-refractivity contribution in [2.75, 3.05) is 0 Å². The summed E-state index contributed by atoms with van der Waals surface area (Å²) >= 11 is 0. The van der Waals surface area contributed by atoms with Crippen molar-refractivity contribution in [1.29, 1.82) is 0 Å². The number of hydrogen-bond acceptors (Lipinski definition) is 0. The van der Waals surface area contributed by atoms with Gasteiger partial charge in [0.1, 0.15) is 0 Å². The molecule has 0 heterocycles. The number of alkyl halides is 12. The Morgan fingerprint density at radius 1 is 0.549 bits per heavy atom. The summed E-state index contributed by atoms with van der Waals surface area (Å²) in [5.74, 6) is 0. The molecule has 0 saturated heterocycles. The van der Waals surface area contributed by atoms with Crippen LogP contribution in [0.4, 0.5) is 52.7 Å². The molecule has 0 aliphatic rings. The minimum atomic E-state index is -5.29. The Morgan fingerprint density at radius 3 is 1.14 bits per heavy atom. The first kappa shape index (κ1) is 44.8. The molecule has 0 aliphatic carbocycles. The Kier molecular flexibility index (Phi) is 14.0. The number of benzene rings is 2. The predicted molar refractivity (Wildman–Crippen MR) is 178 cm³/mol. The number of rotatable bonds is 5. The first-order valence-corrected chi connectivity index (χ1v) is 17.9. The zero-order valence-corrected chi connectivity index (χ0v) is 31.3. The van der Waals surface area contributed by atoms with Crippen LogP contribution in [0.15, 0.2) is 84.9 Å². The van der Waals surface area contributed by atoms with Crippen molar-refractivity contribution in [1.82, 2.24) is 0 Å². The fourth-order valence-corrected chi connectivity index (χ4v) is 13.8. The van der Waals surface area contributed by atoms with Crippen molar-refractivity contribution in [3.8, 4) is 0 Å². The van der Waals surface area contributed by atoms with Gasteiger partial charge in [-0.05, 0) is 70.9 Å². The van der Waals surface area contributed by atoms with E-state index in [2.05, 4.69) is 0 Å². The molecule has 4 aromatic rings. The fourth-order valence-electron chi connectivity index (χ4n) is 6.17. The molecule has 0 amide bonds. The predicted octanol–water partition coefficient (Wildman–Crippen LogP) is 12.8. The van der Waals surface area contributed by atoms with Crippen LogP contribution in [0.25, 0.3) is 0 Å². The second kappa shape index (κ2) is 16.0. The summed E-state index contributed by atoms with van der Waals surface area (Å²) in [5, 5.41) is -1.98. The van der Waals surface area contributed by atoms with E-state index in [0.717, 1.165) is 0 Å². The van der Waals surface area contributed by atoms with Crippen molar-refractivity contribution in [3.63, 3.8) is 0 Å². The third-order valence-electron chi connectivity index (χ3n) is 7.57. The first-order valence-electron chi connectivity index (χ1n) is 15.1. The van der Waals surface area contributed by atoms with Gasteiger partial charge in [0.05, 0.1) is 22.3 Å². The SMILES string of the molecule is C[C@H]([c-]1cccc1P(c1cc(C(F)(F)F)cc(C(F)(F)F)c1)c1cc(C(F)(F)F)cc(C(F)(F)F)c1)P(C(C)(C)C)C(C)(C)C.[Fe+2].c1cc[cH-]c1. The van der Waals surface area contributed by atoms with Crippen LogP contribution in [0.3, 0.4) is 0 Å². The molecule has 0 radical (unpaired) electrons. The number of hydrogen-bond donors (Lipinski definition) is 0. The van der Waals surface area contributed by atoms with Gasteiger partial charge in [0, 0.05) is 0 Å².